The van der Waals surface area contributed by atoms with Gasteiger partial charge in [-0.2, -0.15) is 0 Å². The highest BCUT2D eigenvalue weighted by Gasteiger charge is 2.34. The van der Waals surface area contributed by atoms with Gasteiger partial charge in [0, 0.05) is 36.7 Å². The number of aromatic nitrogens is 2. The average molecular weight is 437 g/mol. The maximum Gasteiger partial charge on any atom is 0.269 e. The van der Waals surface area contributed by atoms with Crippen LogP contribution in [0, 0.1) is 17.0 Å². The molecule has 0 radical (unpaired) electrons. The predicted octanol–water partition coefficient (Wildman–Crippen LogP) is 3.46. The van der Waals surface area contributed by atoms with Crippen LogP contribution >= 0.6 is 11.3 Å². The van der Waals surface area contributed by atoms with Crippen LogP contribution in [0.3, 0.4) is 0 Å². The first-order valence-corrected chi connectivity index (χ1v) is 10.4. The Bertz CT molecular complexity index is 1140. The van der Waals surface area contributed by atoms with Crippen LogP contribution in [0.1, 0.15) is 28.5 Å². The molecule has 9 nitrogen and oxygen atoms in total. The van der Waals surface area contributed by atoms with Crippen molar-refractivity contribution in [2.45, 2.75) is 25.7 Å². The fourth-order valence-corrected chi connectivity index (χ4v) is 4.36. The van der Waals surface area contributed by atoms with Gasteiger partial charge in [0.05, 0.1) is 11.3 Å². The second kappa shape index (κ2) is 8.60. The largest absolute Gasteiger partial charge is 0.311 e. The summed E-state index contributed by atoms with van der Waals surface area (Å²) in [6, 6.07) is 13.6. The van der Waals surface area contributed by atoms with Crippen molar-refractivity contribution >= 4 is 39.7 Å². The van der Waals surface area contributed by atoms with Crippen LogP contribution in [0.5, 0.6) is 0 Å². The van der Waals surface area contributed by atoms with Crippen LogP contribution in [0.15, 0.2) is 48.5 Å². The lowest BCUT2D eigenvalue weighted by Crippen LogP contribution is -2.25. The van der Waals surface area contributed by atoms with Gasteiger partial charge in [-0.15, -0.1) is 10.2 Å². The molecule has 1 atom stereocenters. The van der Waals surface area contributed by atoms with Crippen LogP contribution in [-0.2, 0) is 16.0 Å². The number of aryl methyl sites for hydroxylation is 1. The van der Waals surface area contributed by atoms with E-state index in [-0.39, 0.29) is 29.8 Å². The topological polar surface area (TPSA) is 118 Å². The number of carbonyl (C=O) groups is 2. The smallest absolute Gasteiger partial charge is 0.269 e. The number of non-ortho nitro benzene ring substituents is 1. The molecular formula is C21H19N5O4S. The minimum atomic E-state index is -0.485. The molecule has 1 N–H and O–H groups in total. The molecule has 2 heterocycles. The second-order valence-electron chi connectivity index (χ2n) is 7.29. The number of nitro benzene ring substituents is 1. The average Bonchev–Trinajstić information content (AvgIpc) is 3.35. The summed E-state index contributed by atoms with van der Waals surface area (Å²) in [5.41, 5.74) is 2.57. The van der Waals surface area contributed by atoms with Gasteiger partial charge >= 0.3 is 0 Å². The maximum atomic E-state index is 12.5. The quantitative estimate of drug-likeness (QED) is 0.466. The Morgan fingerprint density at radius 1 is 1.23 bits per heavy atom. The highest BCUT2D eigenvalue weighted by Crippen LogP contribution is 2.35. The molecule has 1 aromatic heterocycles. The zero-order valence-electron chi connectivity index (χ0n) is 16.6. The number of nitrogens with one attached hydrogen (secondary N) is 1. The molecule has 1 saturated heterocycles. The van der Waals surface area contributed by atoms with E-state index >= 15 is 0 Å². The van der Waals surface area contributed by atoms with Gasteiger partial charge in [-0.25, -0.2) is 0 Å². The molecule has 31 heavy (non-hydrogen) atoms. The Balaban J connectivity index is 1.38. The first-order chi connectivity index (χ1) is 14.9. The SMILES string of the molecule is Cc1ccccc1N1CC(c2nnc(NC(=O)Cc3ccc([N+](=O)[O-])cc3)s2)CC1=O. The maximum absolute atomic E-state index is 12.5. The molecular weight excluding hydrogens is 418 g/mol. The van der Waals surface area contributed by atoms with Crippen LogP contribution in [0.25, 0.3) is 0 Å². The van der Waals surface area contributed by atoms with Gasteiger partial charge < -0.3 is 10.2 Å². The third-order valence-electron chi connectivity index (χ3n) is 5.08. The molecule has 1 aliphatic rings. The Kier molecular flexibility index (Phi) is 5.72. The summed E-state index contributed by atoms with van der Waals surface area (Å²) in [5, 5.41) is 22.7. The summed E-state index contributed by atoms with van der Waals surface area (Å²) in [5.74, 6) is -0.330. The van der Waals surface area contributed by atoms with E-state index in [1.807, 2.05) is 31.2 Å². The van der Waals surface area contributed by atoms with Crippen molar-refractivity contribution in [3.05, 3.63) is 74.8 Å². The molecule has 10 heteroatoms. The van der Waals surface area contributed by atoms with E-state index in [1.54, 1.807) is 17.0 Å². The van der Waals surface area contributed by atoms with Crippen LogP contribution in [0.4, 0.5) is 16.5 Å². The van der Waals surface area contributed by atoms with E-state index in [9.17, 15) is 19.7 Å². The van der Waals surface area contributed by atoms with Gasteiger partial charge in [0.25, 0.3) is 5.69 Å². The summed E-state index contributed by atoms with van der Waals surface area (Å²) in [4.78, 5) is 36.8. The number of hydrogen-bond donors (Lipinski definition) is 1. The second-order valence-corrected chi connectivity index (χ2v) is 8.29. The Morgan fingerprint density at radius 3 is 2.68 bits per heavy atom. The van der Waals surface area contributed by atoms with E-state index in [2.05, 4.69) is 15.5 Å². The van der Waals surface area contributed by atoms with E-state index in [1.165, 1.54) is 23.5 Å². The van der Waals surface area contributed by atoms with Crippen molar-refractivity contribution < 1.29 is 14.5 Å². The number of nitrogens with zero attached hydrogens (tertiary/aromatic N) is 4. The van der Waals surface area contributed by atoms with Crippen molar-refractivity contribution in [1.82, 2.24) is 10.2 Å². The molecule has 4 rings (SSSR count). The molecule has 2 amide bonds. The van der Waals surface area contributed by atoms with Crippen LogP contribution in [-0.4, -0.2) is 33.5 Å². The normalized spacial score (nSPS) is 15.8. The molecule has 3 aromatic rings. The molecule has 0 bridgehead atoms. The number of benzene rings is 2. The summed E-state index contributed by atoms with van der Waals surface area (Å²) >= 11 is 1.26. The highest BCUT2D eigenvalue weighted by molar-refractivity contribution is 7.15. The Morgan fingerprint density at radius 2 is 1.97 bits per heavy atom. The van der Waals surface area contributed by atoms with Crippen molar-refractivity contribution in [3.63, 3.8) is 0 Å². The molecule has 1 unspecified atom stereocenters. The van der Waals surface area contributed by atoms with Gasteiger partial charge in [-0.3, -0.25) is 19.7 Å². The summed E-state index contributed by atoms with van der Waals surface area (Å²) in [7, 11) is 0. The van der Waals surface area contributed by atoms with E-state index in [4.69, 9.17) is 0 Å². The van der Waals surface area contributed by atoms with Crippen molar-refractivity contribution in [2.75, 3.05) is 16.8 Å². The van der Waals surface area contributed by atoms with Gasteiger partial charge in [-0.1, -0.05) is 41.7 Å². The van der Waals surface area contributed by atoms with Crippen LogP contribution in [0.2, 0.25) is 0 Å². The number of rotatable bonds is 6. The first kappa shape index (κ1) is 20.6. The van der Waals surface area contributed by atoms with E-state index in [0.717, 1.165) is 11.3 Å². The number of para-hydroxylation sites is 1. The van der Waals surface area contributed by atoms with Gasteiger partial charge in [0.2, 0.25) is 16.9 Å². The fraction of sp³-hybridized carbons (Fsp3) is 0.238. The number of nitro groups is 1. The summed E-state index contributed by atoms with van der Waals surface area (Å²) in [6.45, 7) is 2.49. The summed E-state index contributed by atoms with van der Waals surface area (Å²) < 4.78 is 0. The lowest BCUT2D eigenvalue weighted by molar-refractivity contribution is -0.384. The molecule has 158 valence electrons. The lowest BCUT2D eigenvalue weighted by Gasteiger charge is -2.18. The fourth-order valence-electron chi connectivity index (χ4n) is 3.51. The highest BCUT2D eigenvalue weighted by atomic mass is 32.1. The minimum Gasteiger partial charge on any atom is -0.311 e. The van der Waals surface area contributed by atoms with Crippen molar-refractivity contribution in [2.24, 2.45) is 0 Å². The van der Waals surface area contributed by atoms with Gasteiger partial charge in [0.15, 0.2) is 0 Å². The molecule has 1 aliphatic heterocycles. The van der Waals surface area contributed by atoms with Gasteiger partial charge in [0.1, 0.15) is 5.01 Å². The number of amides is 2. The standard InChI is InChI=1S/C21H19N5O4S/c1-13-4-2-3-5-17(13)25-12-15(11-19(25)28)20-23-24-21(31-20)22-18(27)10-14-6-8-16(9-7-14)26(29)30/h2-9,15H,10-12H2,1H3,(H,22,24,27). The van der Waals surface area contributed by atoms with E-state index < -0.39 is 4.92 Å². The first-order valence-electron chi connectivity index (χ1n) is 9.63. The third-order valence-corrected chi connectivity index (χ3v) is 6.08. The number of hydrogen-bond acceptors (Lipinski definition) is 7. The summed E-state index contributed by atoms with van der Waals surface area (Å²) in [6.07, 6.45) is 0.412. The third kappa shape index (κ3) is 4.58. The van der Waals surface area contributed by atoms with Gasteiger partial charge in [-0.05, 0) is 24.1 Å². The zero-order chi connectivity index (χ0) is 22.0. The Hall–Kier alpha value is -3.66. The zero-order valence-corrected chi connectivity index (χ0v) is 17.5. The number of carbonyl (C=O) groups excluding carboxylic acids is 2. The number of anilines is 2. The predicted molar refractivity (Wildman–Crippen MR) is 116 cm³/mol. The van der Waals surface area contributed by atoms with Crippen molar-refractivity contribution in [3.8, 4) is 0 Å². The van der Waals surface area contributed by atoms with Crippen LogP contribution < -0.4 is 10.2 Å². The molecule has 0 saturated carbocycles. The monoisotopic (exact) mass is 437 g/mol. The van der Waals surface area contributed by atoms with Crippen molar-refractivity contribution in [1.29, 1.82) is 0 Å². The molecule has 0 spiro atoms. The Labute approximate surface area is 181 Å². The molecule has 2 aromatic carbocycles. The molecule has 1 fully saturated rings. The molecule has 0 aliphatic carbocycles. The van der Waals surface area contributed by atoms with E-state index in [0.29, 0.717) is 28.7 Å². The minimum absolute atomic E-state index is 0.0243. The lowest BCUT2D eigenvalue weighted by atomic mass is 10.1.